The van der Waals surface area contributed by atoms with Gasteiger partial charge in [-0.3, -0.25) is 0 Å². The first-order valence-corrected chi connectivity index (χ1v) is 10.4. The fraction of sp³-hybridized carbons (Fsp3) is 0.300. The largest absolute Gasteiger partial charge is 0.311 e. The number of quaternary nitrogens is 1. The van der Waals surface area contributed by atoms with Crippen molar-refractivity contribution in [1.29, 1.82) is 0 Å². The van der Waals surface area contributed by atoms with Crippen LogP contribution in [0.3, 0.4) is 0 Å². The van der Waals surface area contributed by atoms with E-state index in [1.165, 1.54) is 20.7 Å². The molecule has 28 heavy (non-hydrogen) atoms. The number of rotatable bonds is 5. The van der Waals surface area contributed by atoms with Crippen molar-refractivity contribution in [2.45, 2.75) is 33.5 Å². The zero-order chi connectivity index (χ0) is 19.8. The highest BCUT2D eigenvalue weighted by Crippen LogP contribution is 2.24. The van der Waals surface area contributed by atoms with E-state index in [0.29, 0.717) is 11.4 Å². The van der Waals surface area contributed by atoms with Crippen LogP contribution in [0.5, 0.6) is 0 Å². The zero-order valence-corrected chi connectivity index (χ0v) is 18.0. The average Bonchev–Trinajstić information content (AvgIpc) is 3.27. The van der Waals surface area contributed by atoms with Crippen molar-refractivity contribution in [3.05, 3.63) is 63.4 Å². The number of benzene rings is 2. The van der Waals surface area contributed by atoms with Crippen molar-refractivity contribution in [2.24, 2.45) is 0 Å². The minimum atomic E-state index is 0.228. The van der Waals surface area contributed by atoms with Gasteiger partial charge >= 0.3 is 0 Å². The Morgan fingerprint density at radius 3 is 2.64 bits per heavy atom. The van der Waals surface area contributed by atoms with Crippen LogP contribution in [0.25, 0.3) is 15.9 Å². The van der Waals surface area contributed by atoms with E-state index >= 15 is 0 Å². The third-order valence-electron chi connectivity index (χ3n) is 5.19. The fourth-order valence-corrected chi connectivity index (χ4v) is 4.41. The predicted octanol–water partition coefficient (Wildman–Crippen LogP) is 3.26. The Kier molecular flexibility index (Phi) is 5.09. The van der Waals surface area contributed by atoms with E-state index in [4.69, 9.17) is 17.2 Å². The van der Waals surface area contributed by atoms with Gasteiger partial charge in [-0.2, -0.15) is 9.36 Å². The number of tetrazole rings is 1. The van der Waals surface area contributed by atoms with Crippen LogP contribution in [0.15, 0.2) is 42.5 Å². The van der Waals surface area contributed by atoms with Crippen molar-refractivity contribution < 1.29 is 4.90 Å². The molecule has 2 heterocycles. The van der Waals surface area contributed by atoms with Gasteiger partial charge in [-0.1, -0.05) is 18.2 Å². The lowest BCUT2D eigenvalue weighted by atomic mass is 10.1. The summed E-state index contributed by atoms with van der Waals surface area (Å²) in [4.78, 5) is 6.04. The third kappa shape index (κ3) is 3.50. The zero-order valence-electron chi connectivity index (χ0n) is 16.4. The predicted molar refractivity (Wildman–Crippen MR) is 115 cm³/mol. The number of nitrogens with one attached hydrogen (secondary N) is 1. The number of aryl methyl sites for hydroxylation is 2. The van der Waals surface area contributed by atoms with Gasteiger partial charge < -0.3 is 4.90 Å². The van der Waals surface area contributed by atoms with Crippen LogP contribution in [-0.4, -0.2) is 31.8 Å². The molecule has 0 aliphatic heterocycles. The molecular weight excluding hydrogens is 388 g/mol. The highest BCUT2D eigenvalue weighted by molar-refractivity contribution is 7.71. The number of hydrogen-bond acceptors (Lipinski definition) is 5. The molecule has 8 heteroatoms. The first-order chi connectivity index (χ1) is 13.4. The first kappa shape index (κ1) is 18.9. The van der Waals surface area contributed by atoms with Gasteiger partial charge in [-0.05, 0) is 78.8 Å². The Bertz CT molecular complexity index is 1160. The maximum atomic E-state index is 5.63. The second-order valence-electron chi connectivity index (χ2n) is 7.19. The van der Waals surface area contributed by atoms with Crippen molar-refractivity contribution in [1.82, 2.24) is 24.8 Å². The second kappa shape index (κ2) is 7.54. The summed E-state index contributed by atoms with van der Waals surface area (Å²) in [7, 11) is 2.13. The van der Waals surface area contributed by atoms with Gasteiger partial charge in [0, 0.05) is 0 Å². The van der Waals surface area contributed by atoms with Gasteiger partial charge in [0.1, 0.15) is 6.04 Å². The molecule has 0 aliphatic carbocycles. The number of aromatic nitrogens is 5. The Labute approximate surface area is 173 Å². The molecule has 4 rings (SSSR count). The second-order valence-corrected chi connectivity index (χ2v) is 8.61. The van der Waals surface area contributed by atoms with E-state index in [9.17, 15) is 0 Å². The topological polar surface area (TPSA) is 53.0 Å². The van der Waals surface area contributed by atoms with E-state index in [2.05, 4.69) is 68.6 Å². The highest BCUT2D eigenvalue weighted by atomic mass is 32.1. The Morgan fingerprint density at radius 2 is 1.89 bits per heavy atom. The van der Waals surface area contributed by atoms with Crippen LogP contribution < -0.4 is 4.90 Å². The molecule has 0 amide bonds. The van der Waals surface area contributed by atoms with Crippen molar-refractivity contribution in [2.75, 3.05) is 7.05 Å². The molecule has 1 unspecified atom stereocenters. The van der Waals surface area contributed by atoms with Crippen LogP contribution in [-0.2, 0) is 6.67 Å². The molecule has 0 radical (unpaired) electrons. The van der Waals surface area contributed by atoms with Crippen LogP contribution in [0, 0.1) is 18.6 Å². The highest BCUT2D eigenvalue weighted by Gasteiger charge is 2.21. The lowest BCUT2D eigenvalue weighted by Gasteiger charge is -2.19. The molecule has 0 saturated heterocycles. The minimum absolute atomic E-state index is 0.228. The standard InChI is InChI=1S/C20H22N6S2/c1-13-9-10-16(11-14(13)2)26-20(27)25(22-23-26)12-24(4)15(3)19-21-17-7-5-6-8-18(17)28-19/h5-11,15H,12H2,1-4H3/p+1/t15-/m1/s1. The molecular formula is C20H23N6S2+. The average molecular weight is 412 g/mol. The summed E-state index contributed by atoms with van der Waals surface area (Å²) in [6, 6.07) is 14.7. The molecule has 0 fully saturated rings. The molecule has 1 N–H and O–H groups in total. The van der Waals surface area contributed by atoms with Gasteiger partial charge in [-0.15, -0.1) is 11.3 Å². The SMILES string of the molecule is Cc1ccc(-n2nnn(C[NH+](C)[C@H](C)c3nc4ccccc4s3)c2=S)cc1C. The summed E-state index contributed by atoms with van der Waals surface area (Å²) in [5.74, 6) is 0. The maximum Gasteiger partial charge on any atom is 0.225 e. The van der Waals surface area contributed by atoms with Gasteiger partial charge in [0.15, 0.2) is 11.7 Å². The monoisotopic (exact) mass is 411 g/mol. The van der Waals surface area contributed by atoms with E-state index in [1.807, 2.05) is 12.1 Å². The van der Waals surface area contributed by atoms with Crippen molar-refractivity contribution in [3.8, 4) is 5.69 Å². The molecule has 4 aromatic rings. The Balaban J connectivity index is 1.56. The lowest BCUT2D eigenvalue weighted by Crippen LogP contribution is -3.08. The van der Waals surface area contributed by atoms with E-state index in [1.54, 1.807) is 20.7 Å². The van der Waals surface area contributed by atoms with E-state index in [0.717, 1.165) is 16.2 Å². The van der Waals surface area contributed by atoms with Gasteiger partial charge in [-0.25, -0.2) is 4.98 Å². The lowest BCUT2D eigenvalue weighted by molar-refractivity contribution is -0.933. The summed E-state index contributed by atoms with van der Waals surface area (Å²) in [5.41, 5.74) is 4.45. The molecule has 0 aliphatic rings. The number of fused-ring (bicyclic) bond motifs is 1. The molecule has 2 atom stereocenters. The normalized spacial score (nSPS) is 13.7. The summed E-state index contributed by atoms with van der Waals surface area (Å²) in [6.07, 6.45) is 0. The minimum Gasteiger partial charge on any atom is -0.311 e. The van der Waals surface area contributed by atoms with Crippen LogP contribution in [0.2, 0.25) is 0 Å². The number of para-hydroxylation sites is 1. The van der Waals surface area contributed by atoms with Crippen molar-refractivity contribution >= 4 is 33.8 Å². The first-order valence-electron chi connectivity index (χ1n) is 9.22. The van der Waals surface area contributed by atoms with Gasteiger partial charge in [0.2, 0.25) is 4.77 Å². The van der Waals surface area contributed by atoms with Crippen molar-refractivity contribution in [3.63, 3.8) is 0 Å². The number of thiazole rings is 1. The van der Waals surface area contributed by atoms with E-state index in [-0.39, 0.29) is 6.04 Å². The number of nitrogens with zero attached hydrogens (tertiary/aromatic N) is 5. The Morgan fingerprint density at radius 1 is 1.11 bits per heavy atom. The summed E-state index contributed by atoms with van der Waals surface area (Å²) in [5, 5.41) is 9.68. The quantitative estimate of drug-likeness (QED) is 0.512. The molecule has 2 aromatic carbocycles. The molecule has 0 saturated carbocycles. The maximum absolute atomic E-state index is 5.63. The smallest absolute Gasteiger partial charge is 0.225 e. The van der Waals surface area contributed by atoms with Crippen LogP contribution in [0.4, 0.5) is 0 Å². The summed E-state index contributed by atoms with van der Waals surface area (Å²) in [6.45, 7) is 6.99. The molecule has 144 valence electrons. The summed E-state index contributed by atoms with van der Waals surface area (Å²) >= 11 is 7.38. The van der Waals surface area contributed by atoms with Crippen LogP contribution in [0.1, 0.15) is 29.1 Å². The number of hydrogen-bond donors (Lipinski definition) is 1. The van der Waals surface area contributed by atoms with Crippen LogP contribution >= 0.6 is 23.6 Å². The third-order valence-corrected chi connectivity index (χ3v) is 6.80. The molecule has 0 bridgehead atoms. The molecule has 0 spiro atoms. The molecule has 6 nitrogen and oxygen atoms in total. The summed E-state index contributed by atoms with van der Waals surface area (Å²) < 4.78 is 5.31. The molecule has 2 aromatic heterocycles. The van der Waals surface area contributed by atoms with Gasteiger partial charge in [0.05, 0.1) is 23.0 Å². The Hall–Kier alpha value is -2.42. The fourth-order valence-electron chi connectivity index (χ4n) is 3.05. The van der Waals surface area contributed by atoms with E-state index < -0.39 is 0 Å². The van der Waals surface area contributed by atoms with Gasteiger partial charge in [0.25, 0.3) is 0 Å².